The molecule has 3 rings (SSSR count). The summed E-state index contributed by atoms with van der Waals surface area (Å²) in [7, 11) is -2.12. The quantitative estimate of drug-likeness (QED) is 0.557. The Kier molecular flexibility index (Phi) is 8.62. The van der Waals surface area contributed by atoms with Crippen molar-refractivity contribution in [1.82, 2.24) is 19.9 Å². The first kappa shape index (κ1) is 25.6. The first-order valence-electron chi connectivity index (χ1n) is 11.3. The molecule has 0 unspecified atom stereocenters. The van der Waals surface area contributed by atoms with E-state index in [1.54, 1.807) is 30.6 Å². The van der Waals surface area contributed by atoms with Gasteiger partial charge in [0.2, 0.25) is 21.8 Å². The molecule has 2 N–H and O–H groups in total. The molecule has 0 saturated carbocycles. The van der Waals surface area contributed by atoms with E-state index < -0.39 is 16.1 Å². The molecule has 1 atom stereocenters. The third kappa shape index (κ3) is 6.32. The van der Waals surface area contributed by atoms with E-state index >= 15 is 0 Å². The molecule has 1 aliphatic heterocycles. The zero-order valence-corrected chi connectivity index (χ0v) is 20.5. The summed E-state index contributed by atoms with van der Waals surface area (Å²) < 4.78 is 32.4. The van der Waals surface area contributed by atoms with E-state index in [2.05, 4.69) is 15.6 Å². The highest BCUT2D eigenvalue weighted by atomic mass is 32.2. The summed E-state index contributed by atoms with van der Waals surface area (Å²) in [5.41, 5.74) is 0.870. The van der Waals surface area contributed by atoms with E-state index in [0.717, 1.165) is 5.56 Å². The van der Waals surface area contributed by atoms with Crippen molar-refractivity contribution in [3.8, 4) is 5.75 Å². The number of hydrogen-bond donors (Lipinski definition) is 2. The molecule has 34 heavy (non-hydrogen) atoms. The topological polar surface area (TPSA) is 118 Å². The smallest absolute Gasteiger partial charge is 0.243 e. The lowest BCUT2D eigenvalue weighted by Gasteiger charge is -2.32. The van der Waals surface area contributed by atoms with Crippen LogP contribution in [0.15, 0.2) is 53.7 Å². The monoisotopic (exact) mass is 488 g/mol. The molecule has 9 nitrogen and oxygen atoms in total. The Bertz CT molecular complexity index is 1070. The number of carbonyl (C=O) groups is 2. The zero-order valence-electron chi connectivity index (χ0n) is 19.7. The highest BCUT2D eigenvalue weighted by molar-refractivity contribution is 7.89. The fourth-order valence-corrected chi connectivity index (χ4v) is 5.33. The van der Waals surface area contributed by atoms with Gasteiger partial charge >= 0.3 is 0 Å². The second-order valence-corrected chi connectivity index (χ2v) is 10.6. The second kappa shape index (κ2) is 11.4. The Morgan fingerprint density at radius 2 is 1.82 bits per heavy atom. The van der Waals surface area contributed by atoms with Crippen molar-refractivity contribution in [2.45, 2.75) is 44.2 Å². The van der Waals surface area contributed by atoms with Crippen molar-refractivity contribution in [2.75, 3.05) is 20.2 Å². The average molecular weight is 489 g/mol. The highest BCUT2D eigenvalue weighted by Crippen LogP contribution is 2.25. The molecule has 1 aromatic carbocycles. The van der Waals surface area contributed by atoms with Crippen LogP contribution in [0.1, 0.15) is 32.3 Å². The van der Waals surface area contributed by atoms with Crippen LogP contribution < -0.4 is 15.4 Å². The average Bonchev–Trinajstić information content (AvgIpc) is 2.86. The lowest BCUT2D eigenvalue weighted by atomic mass is 9.95. The predicted molar refractivity (Wildman–Crippen MR) is 127 cm³/mol. The van der Waals surface area contributed by atoms with Gasteiger partial charge in [0.1, 0.15) is 11.8 Å². The van der Waals surface area contributed by atoms with Gasteiger partial charge in [0.05, 0.1) is 12.0 Å². The number of nitrogens with one attached hydrogen (secondary N) is 2. The van der Waals surface area contributed by atoms with Crippen molar-refractivity contribution in [3.63, 3.8) is 0 Å². The molecule has 1 saturated heterocycles. The number of carbonyl (C=O) groups excluding carboxylic acids is 2. The number of sulfonamides is 1. The van der Waals surface area contributed by atoms with Crippen molar-refractivity contribution in [3.05, 3.63) is 54.4 Å². The Hall–Kier alpha value is -2.98. The Balaban J connectivity index is 1.55. The Labute approximate surface area is 201 Å². The molecule has 1 aromatic heterocycles. The zero-order chi connectivity index (χ0) is 24.7. The van der Waals surface area contributed by atoms with E-state index in [1.165, 1.54) is 23.5 Å². The van der Waals surface area contributed by atoms with Gasteiger partial charge in [-0.2, -0.15) is 4.31 Å². The number of pyridine rings is 1. The number of aromatic nitrogens is 1. The van der Waals surface area contributed by atoms with Gasteiger partial charge in [-0.05, 0) is 54.7 Å². The van der Waals surface area contributed by atoms with Gasteiger partial charge in [0.25, 0.3) is 0 Å². The SMILES string of the molecule is COc1ccc(S(=O)(=O)N2CCC(C(=O)N[C@H](C(=O)NCc3cccnc3)C(C)C)CC2)cc1. The molecule has 2 heterocycles. The van der Waals surface area contributed by atoms with Crippen LogP contribution >= 0.6 is 0 Å². The summed E-state index contributed by atoms with van der Waals surface area (Å²) in [4.78, 5) is 29.9. The third-order valence-corrected chi connectivity index (χ3v) is 7.87. The molecular formula is C24H32N4O5S. The summed E-state index contributed by atoms with van der Waals surface area (Å²) in [6.07, 6.45) is 4.12. The van der Waals surface area contributed by atoms with Crippen LogP contribution in [0.5, 0.6) is 5.75 Å². The van der Waals surface area contributed by atoms with Crippen LogP contribution in [0.25, 0.3) is 0 Å². The van der Waals surface area contributed by atoms with Gasteiger partial charge in [-0.1, -0.05) is 19.9 Å². The third-order valence-electron chi connectivity index (χ3n) is 5.96. The molecule has 0 radical (unpaired) electrons. The number of rotatable bonds is 9. The van der Waals surface area contributed by atoms with Gasteiger partial charge < -0.3 is 15.4 Å². The van der Waals surface area contributed by atoms with Gasteiger partial charge in [0, 0.05) is 37.9 Å². The fourth-order valence-electron chi connectivity index (χ4n) is 3.86. The highest BCUT2D eigenvalue weighted by Gasteiger charge is 2.34. The molecule has 1 aliphatic rings. The predicted octanol–water partition coefficient (Wildman–Crippen LogP) is 1.95. The molecule has 184 valence electrons. The molecule has 0 aliphatic carbocycles. The number of benzene rings is 1. The number of methoxy groups -OCH3 is 1. The lowest BCUT2D eigenvalue weighted by Crippen LogP contribution is -2.52. The van der Waals surface area contributed by atoms with Crippen molar-refractivity contribution in [1.29, 1.82) is 0 Å². The first-order chi connectivity index (χ1) is 16.2. The van der Waals surface area contributed by atoms with E-state index in [9.17, 15) is 18.0 Å². The van der Waals surface area contributed by atoms with E-state index in [-0.39, 0.29) is 41.6 Å². The Morgan fingerprint density at radius 1 is 1.15 bits per heavy atom. The first-order valence-corrected chi connectivity index (χ1v) is 12.8. The number of piperidine rings is 1. The molecule has 10 heteroatoms. The number of nitrogens with zero attached hydrogens (tertiary/aromatic N) is 2. The number of amides is 2. The molecule has 1 fully saturated rings. The summed E-state index contributed by atoms with van der Waals surface area (Å²) in [5, 5.41) is 5.72. The minimum Gasteiger partial charge on any atom is -0.497 e. The van der Waals surface area contributed by atoms with Gasteiger partial charge in [0.15, 0.2) is 0 Å². The lowest BCUT2D eigenvalue weighted by molar-refractivity contribution is -0.132. The van der Waals surface area contributed by atoms with Crippen molar-refractivity contribution >= 4 is 21.8 Å². The van der Waals surface area contributed by atoms with Gasteiger partial charge in [-0.25, -0.2) is 8.42 Å². The summed E-state index contributed by atoms with van der Waals surface area (Å²) in [6.45, 7) is 4.56. The molecule has 0 spiro atoms. The minimum atomic E-state index is -3.64. The summed E-state index contributed by atoms with van der Waals surface area (Å²) >= 11 is 0. The van der Waals surface area contributed by atoms with Crippen LogP contribution in [0.2, 0.25) is 0 Å². The van der Waals surface area contributed by atoms with Crippen LogP contribution in [0, 0.1) is 11.8 Å². The maximum absolute atomic E-state index is 12.9. The molecule has 2 amide bonds. The van der Waals surface area contributed by atoms with Crippen LogP contribution in [-0.4, -0.2) is 55.8 Å². The van der Waals surface area contributed by atoms with Gasteiger partial charge in [-0.15, -0.1) is 0 Å². The summed E-state index contributed by atoms with van der Waals surface area (Å²) in [6, 6.07) is 9.24. The van der Waals surface area contributed by atoms with Crippen molar-refractivity contribution in [2.24, 2.45) is 11.8 Å². The molecule has 2 aromatic rings. The van der Waals surface area contributed by atoms with E-state index in [1.807, 2.05) is 19.9 Å². The molecular weight excluding hydrogens is 456 g/mol. The minimum absolute atomic E-state index is 0.103. The normalized spacial score (nSPS) is 16.1. The van der Waals surface area contributed by atoms with E-state index in [0.29, 0.717) is 25.1 Å². The van der Waals surface area contributed by atoms with E-state index in [4.69, 9.17) is 4.74 Å². The maximum Gasteiger partial charge on any atom is 0.243 e. The standard InChI is InChI=1S/C24H32N4O5S/c1-17(2)22(24(30)26-16-18-5-4-12-25-15-18)27-23(29)19-10-13-28(14-11-19)34(31,32)21-8-6-20(33-3)7-9-21/h4-9,12,15,17,19,22H,10-11,13-14,16H2,1-3H3,(H,26,30)(H,27,29)/t22-/m0/s1. The largest absolute Gasteiger partial charge is 0.497 e. The van der Waals surface area contributed by atoms with Crippen LogP contribution in [-0.2, 0) is 26.2 Å². The number of ether oxygens (including phenoxy) is 1. The van der Waals surface area contributed by atoms with Crippen LogP contribution in [0.4, 0.5) is 0 Å². The Morgan fingerprint density at radius 3 is 2.38 bits per heavy atom. The van der Waals surface area contributed by atoms with Crippen molar-refractivity contribution < 1.29 is 22.7 Å². The van der Waals surface area contributed by atoms with Gasteiger partial charge in [-0.3, -0.25) is 14.6 Å². The maximum atomic E-state index is 12.9. The summed E-state index contributed by atoms with van der Waals surface area (Å²) in [5.74, 6) is -0.356. The molecule has 0 bridgehead atoms. The fraction of sp³-hybridized carbons (Fsp3) is 0.458. The number of hydrogen-bond acceptors (Lipinski definition) is 6. The second-order valence-electron chi connectivity index (χ2n) is 8.66. The van der Waals surface area contributed by atoms with Crippen LogP contribution in [0.3, 0.4) is 0 Å².